The van der Waals surface area contributed by atoms with E-state index in [0.717, 1.165) is 64.9 Å². The summed E-state index contributed by atoms with van der Waals surface area (Å²) < 4.78 is 9.82. The van der Waals surface area contributed by atoms with Crippen LogP contribution in [0.3, 0.4) is 0 Å². The lowest BCUT2D eigenvalue weighted by Gasteiger charge is -2.33. The predicted molar refractivity (Wildman–Crippen MR) is 138 cm³/mol. The molecule has 1 aromatic carbocycles. The number of hydrogen-bond donors (Lipinski definition) is 0. The number of pyridine rings is 2. The van der Waals surface area contributed by atoms with Crippen molar-refractivity contribution in [2.75, 3.05) is 13.2 Å². The van der Waals surface area contributed by atoms with Gasteiger partial charge in [0.15, 0.2) is 0 Å². The average Bonchev–Trinajstić information content (AvgIpc) is 3.40. The van der Waals surface area contributed by atoms with E-state index in [2.05, 4.69) is 50.2 Å². The van der Waals surface area contributed by atoms with Gasteiger partial charge in [-0.05, 0) is 37.3 Å². The molecule has 1 fully saturated rings. The molecule has 0 aliphatic carbocycles. The fourth-order valence-electron chi connectivity index (χ4n) is 5.44. The highest BCUT2D eigenvalue weighted by molar-refractivity contribution is 6.41. The van der Waals surface area contributed by atoms with Gasteiger partial charge in [-0.1, -0.05) is 58.7 Å². The van der Waals surface area contributed by atoms with Gasteiger partial charge in [0.2, 0.25) is 0 Å². The van der Waals surface area contributed by atoms with E-state index in [1.807, 2.05) is 26.2 Å². The van der Waals surface area contributed by atoms with Gasteiger partial charge in [0.1, 0.15) is 5.15 Å². The van der Waals surface area contributed by atoms with Crippen molar-refractivity contribution in [2.45, 2.75) is 25.8 Å². The molecule has 1 saturated heterocycles. The van der Waals surface area contributed by atoms with Crippen LogP contribution in [0.1, 0.15) is 30.1 Å². The molecular formula is C26H24Cl2N6O. The SMILES string of the molecule is Cc1nnn(C)c1-c1cnc2c3c(Cl)ncc(Cl)c3n([C@H](c3ccccc3)C3CCOCC3)c2c1. The van der Waals surface area contributed by atoms with Gasteiger partial charge in [-0.2, -0.15) is 0 Å². The number of rotatable bonds is 4. The first kappa shape index (κ1) is 22.5. The second kappa shape index (κ2) is 8.90. The van der Waals surface area contributed by atoms with Gasteiger partial charge in [-0.15, -0.1) is 5.10 Å². The highest BCUT2D eigenvalue weighted by Crippen LogP contribution is 2.44. The smallest absolute Gasteiger partial charge is 0.140 e. The van der Waals surface area contributed by atoms with E-state index in [4.69, 9.17) is 32.9 Å². The van der Waals surface area contributed by atoms with Crippen LogP contribution in [0, 0.1) is 12.8 Å². The van der Waals surface area contributed by atoms with Gasteiger partial charge >= 0.3 is 0 Å². The Balaban J connectivity index is 1.71. The zero-order valence-corrected chi connectivity index (χ0v) is 21.0. The van der Waals surface area contributed by atoms with E-state index in [9.17, 15) is 0 Å². The average molecular weight is 507 g/mol. The summed E-state index contributed by atoms with van der Waals surface area (Å²) in [6.07, 6.45) is 5.38. The van der Waals surface area contributed by atoms with Crippen LogP contribution in [-0.2, 0) is 11.8 Å². The van der Waals surface area contributed by atoms with Crippen LogP contribution in [0.4, 0.5) is 0 Å². The zero-order chi connectivity index (χ0) is 24.1. The molecule has 0 unspecified atom stereocenters. The Bertz CT molecular complexity index is 1520. The second-order valence-electron chi connectivity index (χ2n) is 9.03. The van der Waals surface area contributed by atoms with Crippen molar-refractivity contribution in [3.05, 3.63) is 70.2 Å². The van der Waals surface area contributed by atoms with Crippen LogP contribution >= 0.6 is 23.2 Å². The van der Waals surface area contributed by atoms with Crippen LogP contribution in [-0.4, -0.2) is 42.7 Å². The van der Waals surface area contributed by atoms with Crippen LogP contribution in [0.15, 0.2) is 48.8 Å². The predicted octanol–water partition coefficient (Wildman–Crippen LogP) is 6.01. The van der Waals surface area contributed by atoms with E-state index in [-0.39, 0.29) is 6.04 Å². The Hall–Kier alpha value is -3.00. The Morgan fingerprint density at radius 1 is 1.06 bits per heavy atom. The largest absolute Gasteiger partial charge is 0.381 e. The Labute approximate surface area is 212 Å². The molecule has 0 spiro atoms. The van der Waals surface area contributed by atoms with Gasteiger partial charge in [0.25, 0.3) is 0 Å². The fourth-order valence-corrected chi connectivity index (χ4v) is 5.90. The highest BCUT2D eigenvalue weighted by atomic mass is 35.5. The number of ether oxygens (including phenoxy) is 1. The van der Waals surface area contributed by atoms with E-state index >= 15 is 0 Å². The van der Waals surface area contributed by atoms with Crippen molar-refractivity contribution >= 4 is 45.1 Å². The molecule has 7 nitrogen and oxygen atoms in total. The molecule has 4 aromatic heterocycles. The van der Waals surface area contributed by atoms with Crippen molar-refractivity contribution in [1.82, 2.24) is 29.5 Å². The molecule has 0 saturated carbocycles. The number of aromatic nitrogens is 6. The number of nitrogens with zero attached hydrogens (tertiary/aromatic N) is 6. The van der Waals surface area contributed by atoms with Crippen LogP contribution in [0.2, 0.25) is 10.2 Å². The van der Waals surface area contributed by atoms with Gasteiger partial charge < -0.3 is 9.30 Å². The lowest BCUT2D eigenvalue weighted by Crippen LogP contribution is -2.27. The molecule has 9 heteroatoms. The molecule has 178 valence electrons. The molecule has 0 amide bonds. The summed E-state index contributed by atoms with van der Waals surface area (Å²) in [5.41, 5.74) is 6.51. The van der Waals surface area contributed by atoms with Crippen LogP contribution < -0.4 is 0 Å². The molecular weight excluding hydrogens is 483 g/mol. The van der Waals surface area contributed by atoms with Crippen molar-refractivity contribution in [3.8, 4) is 11.3 Å². The summed E-state index contributed by atoms with van der Waals surface area (Å²) in [6, 6.07) is 12.7. The van der Waals surface area contributed by atoms with Gasteiger partial charge in [0.05, 0.1) is 44.4 Å². The first-order chi connectivity index (χ1) is 17.0. The van der Waals surface area contributed by atoms with Crippen LogP contribution in [0.5, 0.6) is 0 Å². The normalized spacial score (nSPS) is 15.8. The number of halogens is 2. The molecule has 6 rings (SSSR count). The first-order valence-electron chi connectivity index (χ1n) is 11.7. The van der Waals surface area contributed by atoms with Gasteiger partial charge in [-0.25, -0.2) is 9.67 Å². The molecule has 35 heavy (non-hydrogen) atoms. The quantitative estimate of drug-likeness (QED) is 0.279. The Morgan fingerprint density at radius 2 is 1.83 bits per heavy atom. The van der Waals surface area contributed by atoms with E-state index in [0.29, 0.717) is 16.1 Å². The Kier molecular flexibility index (Phi) is 5.71. The number of hydrogen-bond acceptors (Lipinski definition) is 5. The summed E-state index contributed by atoms with van der Waals surface area (Å²) in [5, 5.41) is 10.1. The fraction of sp³-hybridized carbons (Fsp3) is 0.308. The van der Waals surface area contributed by atoms with Crippen molar-refractivity contribution in [1.29, 1.82) is 0 Å². The van der Waals surface area contributed by atoms with E-state index in [1.54, 1.807) is 10.9 Å². The summed E-state index contributed by atoms with van der Waals surface area (Å²) >= 11 is 13.5. The molecule has 1 aliphatic rings. The van der Waals surface area contributed by atoms with Crippen molar-refractivity contribution in [3.63, 3.8) is 0 Å². The first-order valence-corrected chi connectivity index (χ1v) is 12.4. The summed E-state index contributed by atoms with van der Waals surface area (Å²) in [4.78, 5) is 9.25. The third-order valence-corrected chi connectivity index (χ3v) is 7.53. The van der Waals surface area contributed by atoms with E-state index in [1.165, 1.54) is 5.56 Å². The molecule has 1 aliphatic heterocycles. The minimum atomic E-state index is 0.0267. The summed E-state index contributed by atoms with van der Waals surface area (Å²) in [6.45, 7) is 3.43. The Morgan fingerprint density at radius 3 is 2.54 bits per heavy atom. The molecule has 0 radical (unpaired) electrons. The highest BCUT2D eigenvalue weighted by Gasteiger charge is 2.31. The molecule has 0 bridgehead atoms. The monoisotopic (exact) mass is 506 g/mol. The molecule has 5 aromatic rings. The molecule has 1 atom stereocenters. The summed E-state index contributed by atoms with van der Waals surface area (Å²) in [5.74, 6) is 0.358. The standard InChI is InChI=1S/C26H24Cl2N6O/c1-15-23(33(2)32-31-15)18-12-20-22(29-13-18)21-25(19(27)14-30-26(21)28)34(20)24(16-6-4-3-5-7-16)17-8-10-35-11-9-17/h3-7,12-14,17,24H,8-11H2,1-2H3/t24-/m1/s1. The van der Waals surface area contributed by atoms with Gasteiger partial charge in [-0.3, -0.25) is 4.98 Å². The number of aryl methyl sites for hydroxylation is 2. The van der Waals surface area contributed by atoms with E-state index < -0.39 is 0 Å². The zero-order valence-electron chi connectivity index (χ0n) is 19.4. The number of benzene rings is 1. The second-order valence-corrected chi connectivity index (χ2v) is 9.80. The third kappa shape index (κ3) is 3.69. The topological polar surface area (TPSA) is 70.7 Å². The van der Waals surface area contributed by atoms with Crippen LogP contribution in [0.25, 0.3) is 33.2 Å². The maximum atomic E-state index is 6.85. The molecule has 0 N–H and O–H groups in total. The minimum Gasteiger partial charge on any atom is -0.381 e. The minimum absolute atomic E-state index is 0.0267. The van der Waals surface area contributed by atoms with Crippen molar-refractivity contribution < 1.29 is 4.74 Å². The maximum Gasteiger partial charge on any atom is 0.140 e. The molecule has 5 heterocycles. The van der Waals surface area contributed by atoms with Gasteiger partial charge in [0, 0.05) is 38.2 Å². The number of fused-ring (bicyclic) bond motifs is 3. The summed E-state index contributed by atoms with van der Waals surface area (Å²) in [7, 11) is 1.89. The lowest BCUT2D eigenvalue weighted by atomic mass is 9.86. The third-order valence-electron chi connectivity index (χ3n) is 6.97. The lowest BCUT2D eigenvalue weighted by molar-refractivity contribution is 0.0553. The van der Waals surface area contributed by atoms with Crippen molar-refractivity contribution in [2.24, 2.45) is 13.0 Å². The maximum absolute atomic E-state index is 6.85.